The summed E-state index contributed by atoms with van der Waals surface area (Å²) in [7, 11) is 6.96. The van der Waals surface area contributed by atoms with Crippen LogP contribution in [-0.4, -0.2) is 183 Å². The summed E-state index contributed by atoms with van der Waals surface area (Å²) in [5.41, 5.74) is -2.31. The first-order chi connectivity index (χ1) is 33.7. The first kappa shape index (κ1) is 59.7. The number of aromatic nitrogens is 3. The summed E-state index contributed by atoms with van der Waals surface area (Å²) in [5, 5.41) is 59.3. The van der Waals surface area contributed by atoms with Crippen molar-refractivity contribution in [1.29, 1.82) is 0 Å². The maximum absolute atomic E-state index is 14.8. The van der Waals surface area contributed by atoms with Crippen LogP contribution in [0.1, 0.15) is 132 Å². The lowest BCUT2D eigenvalue weighted by molar-refractivity contribution is -0.275. The van der Waals surface area contributed by atoms with Crippen LogP contribution in [0.3, 0.4) is 0 Å². The first-order valence-corrected chi connectivity index (χ1v) is 26.0. The molecule has 0 spiro atoms. The molecule has 0 bridgehead atoms. The van der Waals surface area contributed by atoms with Crippen molar-refractivity contribution in [3.05, 3.63) is 41.7 Å². The van der Waals surface area contributed by atoms with Gasteiger partial charge in [-0.2, -0.15) is 0 Å². The predicted molar refractivity (Wildman–Crippen MR) is 270 cm³/mol. The van der Waals surface area contributed by atoms with E-state index in [0.29, 0.717) is 43.7 Å². The van der Waals surface area contributed by atoms with E-state index >= 15 is 0 Å². The number of amides is 1. The number of carbonyl (C=O) groups excluding carboxylic acids is 2. The van der Waals surface area contributed by atoms with Crippen LogP contribution in [-0.2, 0) is 44.4 Å². The highest BCUT2D eigenvalue weighted by atomic mass is 19.1. The van der Waals surface area contributed by atoms with Crippen molar-refractivity contribution in [2.45, 2.75) is 205 Å². The fourth-order valence-electron chi connectivity index (χ4n) is 12.0. The Balaban J connectivity index is 1.42. The number of aliphatic hydroxyl groups is 4. The molecule has 3 aliphatic rings. The van der Waals surface area contributed by atoms with Gasteiger partial charge in [0.1, 0.15) is 42.7 Å². The number of likely N-dealkylation sites (N-methyl/N-ethyl adjacent to an activating group) is 2. The van der Waals surface area contributed by atoms with Crippen molar-refractivity contribution in [3.8, 4) is 0 Å². The van der Waals surface area contributed by atoms with E-state index in [-0.39, 0.29) is 43.2 Å². The molecule has 0 saturated carbocycles. The Labute approximate surface area is 427 Å². The normalized spacial score (nSPS) is 38.9. The molecule has 4 heterocycles. The lowest BCUT2D eigenvalue weighted by atomic mass is 9.68. The van der Waals surface area contributed by atoms with Crippen LogP contribution in [0.4, 0.5) is 10.1 Å². The van der Waals surface area contributed by atoms with Crippen molar-refractivity contribution in [2.75, 3.05) is 53.4 Å². The molecule has 5 rings (SSSR count). The van der Waals surface area contributed by atoms with E-state index < -0.39 is 108 Å². The van der Waals surface area contributed by atoms with Gasteiger partial charge in [0.25, 0.3) is 0 Å². The lowest BCUT2D eigenvalue weighted by Crippen LogP contribution is -2.61. The van der Waals surface area contributed by atoms with Gasteiger partial charge in [-0.25, -0.2) is 9.07 Å². The van der Waals surface area contributed by atoms with Crippen molar-refractivity contribution < 1.29 is 62.8 Å². The highest BCUT2D eigenvalue weighted by molar-refractivity contribution is 5.88. The van der Waals surface area contributed by atoms with E-state index in [4.69, 9.17) is 28.4 Å². The summed E-state index contributed by atoms with van der Waals surface area (Å²) in [4.78, 5) is 30.3. The number of anilines is 1. The molecule has 0 aliphatic carbocycles. The second-order valence-electron chi connectivity index (χ2n) is 22.3. The standard InChI is InChI=1S/C53H89FN6O12/c1-16-43-53(11,66)47(62)34(6)59(13)28-30(2)25-51(9,65)49(32(4)45(33(5)50(64)71-43)42-26-52(10,68-15)48(63)35(7)70-42)72-44-24-40(23-31(3)69-44)58(12)22-21-39-29-60(57-56-39)41(27-54)46(67-14)37-17-19-38(20-18-37)55-36(8)61/h17-20,29-35,40-49,62-63,65-66H,16,21-28H2,1-15H3,(H,55,61)/t30-,31-,32+,33-,34-,35+,40+,41-,42-,43-,44+,45?,46-,47-,48+,49-,51-,52-,53-/m1/s1. The number of ether oxygens (including phenoxy) is 6. The molecule has 1 amide bonds. The number of rotatable bonds is 15. The van der Waals surface area contributed by atoms with Crippen LogP contribution in [0.5, 0.6) is 0 Å². The Morgan fingerprint density at radius 3 is 2.28 bits per heavy atom. The molecular formula is C53H89FN6O12. The third-order valence-corrected chi connectivity index (χ3v) is 16.3. The summed E-state index contributed by atoms with van der Waals surface area (Å²) < 4.78 is 54.5. The lowest BCUT2D eigenvalue weighted by Gasteiger charge is -2.51. The summed E-state index contributed by atoms with van der Waals surface area (Å²) >= 11 is 0. The van der Waals surface area contributed by atoms with Crippen molar-refractivity contribution in [3.63, 3.8) is 0 Å². The Bertz CT molecular complexity index is 2030. The molecule has 1 unspecified atom stereocenters. The molecule has 3 aliphatic heterocycles. The van der Waals surface area contributed by atoms with Crippen LogP contribution >= 0.6 is 0 Å². The minimum atomic E-state index is -1.80. The minimum absolute atomic E-state index is 0.0105. The third kappa shape index (κ3) is 14.0. The highest BCUT2D eigenvalue weighted by Crippen LogP contribution is 2.45. The number of esters is 1. The number of nitrogens with zero attached hydrogens (tertiary/aromatic N) is 5. The number of carbonyl (C=O) groups is 2. The van der Waals surface area contributed by atoms with E-state index in [1.165, 1.54) is 25.6 Å². The number of cyclic esters (lactones) is 1. The molecule has 0 radical (unpaired) electrons. The monoisotopic (exact) mass is 1020 g/mol. The second-order valence-corrected chi connectivity index (χ2v) is 22.3. The number of hydrogen-bond donors (Lipinski definition) is 5. The largest absolute Gasteiger partial charge is 0.459 e. The summed E-state index contributed by atoms with van der Waals surface area (Å²) in [6, 6.07) is 5.73. The maximum Gasteiger partial charge on any atom is 0.309 e. The van der Waals surface area contributed by atoms with Gasteiger partial charge in [-0.15, -0.1) is 5.10 Å². The van der Waals surface area contributed by atoms with Gasteiger partial charge in [0.05, 0.1) is 47.2 Å². The van der Waals surface area contributed by atoms with Gasteiger partial charge in [0.2, 0.25) is 5.91 Å². The fourth-order valence-corrected chi connectivity index (χ4v) is 12.0. The molecule has 72 heavy (non-hydrogen) atoms. The molecule has 3 fully saturated rings. The predicted octanol–water partition coefficient (Wildman–Crippen LogP) is 5.26. The molecule has 5 N–H and O–H groups in total. The van der Waals surface area contributed by atoms with E-state index in [0.717, 1.165) is 5.56 Å². The maximum atomic E-state index is 14.8. The fraction of sp³-hybridized carbons (Fsp3) is 0.811. The summed E-state index contributed by atoms with van der Waals surface area (Å²) in [6.45, 7) is 20.0. The van der Waals surface area contributed by atoms with Crippen LogP contribution in [0.25, 0.3) is 0 Å². The van der Waals surface area contributed by atoms with Gasteiger partial charge in [-0.3, -0.25) is 9.59 Å². The molecule has 1 aromatic carbocycles. The third-order valence-electron chi connectivity index (χ3n) is 16.3. The molecule has 18 nitrogen and oxygen atoms in total. The van der Waals surface area contributed by atoms with Crippen LogP contribution in [0.15, 0.2) is 30.5 Å². The highest BCUT2D eigenvalue weighted by Gasteiger charge is 2.54. The average molecular weight is 1020 g/mol. The number of hydrogen-bond acceptors (Lipinski definition) is 16. The Hall–Kier alpha value is -3.21. The SMILES string of the molecule is CC[C@H]1OC(=O)[C@H](C)C([C@H]2C[C@@](C)(OC)[C@@H](O)[C@H](C)O2)[C@H](C)[C@@H](O[C@H]2C[C@@H](N(C)CCc3cn([C@H](CF)[C@H](OC)c4ccc(NC(C)=O)cc4)nn3)C[C@@H](C)O2)[C@](C)(O)C[C@@H](C)CN(C)[C@H](C)[C@@H](O)[C@]1(C)O. The van der Waals surface area contributed by atoms with Crippen LogP contribution in [0, 0.1) is 23.7 Å². The molecule has 410 valence electrons. The Morgan fingerprint density at radius 2 is 1.68 bits per heavy atom. The van der Waals surface area contributed by atoms with Gasteiger partial charge in [0.15, 0.2) is 6.29 Å². The number of alkyl halides is 1. The van der Waals surface area contributed by atoms with Gasteiger partial charge in [-0.1, -0.05) is 45.0 Å². The van der Waals surface area contributed by atoms with Gasteiger partial charge < -0.3 is 64.0 Å². The number of halogens is 1. The topological polar surface area (TPSA) is 220 Å². The molecular weight excluding hydrogens is 932 g/mol. The zero-order valence-electron chi connectivity index (χ0n) is 45.7. The molecule has 19 atom stereocenters. The average Bonchev–Trinajstić information content (AvgIpc) is 3.79. The first-order valence-electron chi connectivity index (χ1n) is 26.0. The van der Waals surface area contributed by atoms with E-state index in [1.807, 2.05) is 53.6 Å². The van der Waals surface area contributed by atoms with Crippen molar-refractivity contribution in [2.24, 2.45) is 23.7 Å². The van der Waals surface area contributed by atoms with Crippen LogP contribution < -0.4 is 5.32 Å². The summed E-state index contributed by atoms with van der Waals surface area (Å²) in [6.07, 6.45) is -3.06. The zero-order valence-corrected chi connectivity index (χ0v) is 45.7. The molecule has 2 aromatic rings. The van der Waals surface area contributed by atoms with E-state index in [2.05, 4.69) is 20.5 Å². The summed E-state index contributed by atoms with van der Waals surface area (Å²) in [5.74, 6) is -3.08. The number of aliphatic hydroxyl groups excluding tert-OH is 2. The number of methoxy groups -OCH3 is 2. The van der Waals surface area contributed by atoms with Crippen molar-refractivity contribution in [1.82, 2.24) is 24.8 Å². The molecule has 1 aromatic heterocycles. The second kappa shape index (κ2) is 25.1. The van der Waals surface area contributed by atoms with E-state index in [9.17, 15) is 34.4 Å². The van der Waals surface area contributed by atoms with Gasteiger partial charge in [0, 0.05) is 83.4 Å². The molecule has 3 saturated heterocycles. The van der Waals surface area contributed by atoms with Crippen LogP contribution in [0.2, 0.25) is 0 Å². The van der Waals surface area contributed by atoms with Crippen molar-refractivity contribution >= 4 is 17.6 Å². The Kier molecular flexibility index (Phi) is 20.8. The van der Waals surface area contributed by atoms with Gasteiger partial charge >= 0.3 is 5.97 Å². The smallest absolute Gasteiger partial charge is 0.309 e. The van der Waals surface area contributed by atoms with Gasteiger partial charge in [-0.05, 0) is 104 Å². The number of nitrogens with one attached hydrogen (secondary N) is 1. The zero-order chi connectivity index (χ0) is 53.6. The minimum Gasteiger partial charge on any atom is -0.459 e. The Morgan fingerprint density at radius 1 is 1.01 bits per heavy atom. The number of benzene rings is 1. The van der Waals surface area contributed by atoms with E-state index in [1.54, 1.807) is 65.3 Å². The quantitative estimate of drug-likeness (QED) is 0.144. The molecule has 19 heteroatoms.